The second kappa shape index (κ2) is 19.7. The van der Waals surface area contributed by atoms with Crippen molar-refractivity contribution in [1.82, 2.24) is 4.98 Å². The number of rotatable bonds is 14. The van der Waals surface area contributed by atoms with Crippen molar-refractivity contribution in [2.24, 2.45) is 22.6 Å². The Morgan fingerprint density at radius 2 is 1.87 bits per heavy atom. The smallest absolute Gasteiger partial charge is 0.0988 e. The van der Waals surface area contributed by atoms with Gasteiger partial charge in [-0.25, -0.2) is 0 Å². The second-order valence-electron chi connectivity index (χ2n) is 13.4. The van der Waals surface area contributed by atoms with Crippen molar-refractivity contribution >= 4 is 11.3 Å². The summed E-state index contributed by atoms with van der Waals surface area (Å²) in [7, 11) is 0. The number of hydrogen-bond donors (Lipinski definition) is 2. The quantitative estimate of drug-likeness (QED) is 0.117. The number of benzene rings is 1. The fourth-order valence-corrected chi connectivity index (χ4v) is 6.43. The van der Waals surface area contributed by atoms with Gasteiger partial charge in [0.05, 0.1) is 17.9 Å². The molecular weight excluding hydrogens is 637 g/mol. The first-order valence-corrected chi connectivity index (χ1v) is 18.3. The zero-order chi connectivity index (χ0) is 36.5. The highest BCUT2D eigenvalue weighted by Crippen LogP contribution is 2.30. The Hall–Kier alpha value is -5.57. The maximum atomic E-state index is 11.2. The van der Waals surface area contributed by atoms with Gasteiger partial charge in [-0.3, -0.25) is 9.98 Å². The van der Waals surface area contributed by atoms with Crippen LogP contribution in [-0.2, 0) is 0 Å². The van der Waals surface area contributed by atoms with Gasteiger partial charge < -0.3 is 10.8 Å². The van der Waals surface area contributed by atoms with Gasteiger partial charge in [-0.15, -0.1) is 0 Å². The van der Waals surface area contributed by atoms with E-state index in [1.165, 1.54) is 5.56 Å². The Morgan fingerprint density at radius 3 is 2.56 bits per heavy atom. The third-order valence-corrected chi connectivity index (χ3v) is 9.46. The molecule has 0 radical (unpaired) electrons. The Morgan fingerprint density at radius 1 is 1.02 bits per heavy atom. The van der Waals surface area contributed by atoms with E-state index in [0.717, 1.165) is 52.8 Å². The number of aliphatic hydroxyl groups is 1. The molecule has 52 heavy (non-hydrogen) atoms. The number of aliphatic imine (C=N–C) groups is 1. The number of nitrogens with zero attached hydrogens (tertiary/aromatic N) is 3. The molecule has 1 heterocycles. The molecule has 0 aliphatic heterocycles. The van der Waals surface area contributed by atoms with E-state index in [1.54, 1.807) is 6.20 Å². The maximum absolute atomic E-state index is 11.2. The molecule has 0 amide bonds. The van der Waals surface area contributed by atoms with Crippen molar-refractivity contribution in [2.75, 3.05) is 6.54 Å². The van der Waals surface area contributed by atoms with Crippen LogP contribution in [0.3, 0.4) is 0 Å². The van der Waals surface area contributed by atoms with Crippen molar-refractivity contribution in [3.63, 3.8) is 0 Å². The molecule has 5 rings (SSSR count). The summed E-state index contributed by atoms with van der Waals surface area (Å²) in [6.45, 7) is 4.78. The Kier molecular flexibility index (Phi) is 14.3. The minimum Gasteiger partial charge on any atom is -0.402 e. The summed E-state index contributed by atoms with van der Waals surface area (Å²) < 4.78 is 0. The molecule has 3 aliphatic carbocycles. The van der Waals surface area contributed by atoms with Crippen LogP contribution in [0.4, 0.5) is 0 Å². The number of pyridine rings is 1. The first kappa shape index (κ1) is 37.7. The fraction of sp³-hybridized carbons (Fsp3) is 0.255. The molecule has 2 aromatic rings. The van der Waals surface area contributed by atoms with Crippen LogP contribution in [0, 0.1) is 23.2 Å². The number of nitrogens with two attached hydrogens (primary N) is 1. The van der Waals surface area contributed by atoms with Crippen molar-refractivity contribution in [2.45, 2.75) is 58.0 Å². The molecule has 264 valence electrons. The first-order chi connectivity index (χ1) is 25.4. The summed E-state index contributed by atoms with van der Waals surface area (Å²) in [6, 6.07) is 16.8. The van der Waals surface area contributed by atoms with E-state index >= 15 is 0 Å². The highest BCUT2D eigenvalue weighted by atomic mass is 16.3. The van der Waals surface area contributed by atoms with Gasteiger partial charge in [-0.2, -0.15) is 5.26 Å². The van der Waals surface area contributed by atoms with Gasteiger partial charge in [-0.05, 0) is 90.3 Å². The summed E-state index contributed by atoms with van der Waals surface area (Å²) in [4.78, 5) is 9.43. The van der Waals surface area contributed by atoms with Crippen LogP contribution < -0.4 is 5.73 Å². The molecule has 4 atom stereocenters. The molecule has 5 nitrogen and oxygen atoms in total. The monoisotopic (exact) mass is 686 g/mol. The lowest BCUT2D eigenvalue weighted by Crippen LogP contribution is -2.19. The van der Waals surface area contributed by atoms with E-state index in [-0.39, 0.29) is 5.92 Å². The second-order valence-corrected chi connectivity index (χ2v) is 13.4. The highest BCUT2D eigenvalue weighted by Gasteiger charge is 2.19. The summed E-state index contributed by atoms with van der Waals surface area (Å²) in [5.41, 5.74) is 15.4. The highest BCUT2D eigenvalue weighted by molar-refractivity contribution is 6.10. The van der Waals surface area contributed by atoms with Gasteiger partial charge in [-0.1, -0.05) is 122 Å². The van der Waals surface area contributed by atoms with E-state index in [2.05, 4.69) is 115 Å². The minimum atomic E-state index is -0.666. The molecule has 3 N–H and O–H groups in total. The third-order valence-electron chi connectivity index (χ3n) is 9.46. The number of aromatic nitrogens is 1. The van der Waals surface area contributed by atoms with Crippen LogP contribution in [0.25, 0.3) is 5.57 Å². The Balaban J connectivity index is 1.39. The molecule has 2 unspecified atom stereocenters. The maximum Gasteiger partial charge on any atom is 0.0988 e. The van der Waals surface area contributed by atoms with Crippen molar-refractivity contribution in [3.8, 4) is 6.07 Å². The summed E-state index contributed by atoms with van der Waals surface area (Å²) in [5, 5.41) is 20.5. The van der Waals surface area contributed by atoms with Crippen LogP contribution in [0.2, 0.25) is 0 Å². The standard InChI is InChI=1S/C47H50N4O/c1-3-12-36(32-48)15-10-18-41-24-25-43(30-47(41)52)42(29-35(2)44-19-11-28-50-34-44)26-27-45(49)31-46(51-33-37-13-6-4-7-14-37)40-22-20-39(21-23-40)38-16-8-5-9-17-38/h4-13,15-17,19-20,22-26,28-31,34,37,39,41,47,52H,3,14,18,21,27,33,49H2,1-2H3/b15-10-,35-29+,36-12+,42-26+,45-31-,51-46?/t37-,39-,41?,47?/m0/s1. The molecule has 0 fully saturated rings. The van der Waals surface area contributed by atoms with Gasteiger partial charge in [0.15, 0.2) is 0 Å². The zero-order valence-corrected chi connectivity index (χ0v) is 30.4. The van der Waals surface area contributed by atoms with Crippen LogP contribution in [0.15, 0.2) is 185 Å². The summed E-state index contributed by atoms with van der Waals surface area (Å²) in [6.07, 6.45) is 40.2. The third kappa shape index (κ3) is 11.2. The van der Waals surface area contributed by atoms with Crippen LogP contribution in [0.1, 0.15) is 63.0 Å². The molecule has 0 saturated heterocycles. The number of hydrogen-bond acceptors (Lipinski definition) is 5. The SMILES string of the molecule is CC/C=C(C#N)\C=C/CC1C=CC(C(=C/C/C(N)=C/C(=NC[C@H]2C=CC=CC2)C2=CC[C@@H](c3ccccc3)C=C2)/C=C(\C)c2cccnc2)=CC1O. The van der Waals surface area contributed by atoms with Crippen LogP contribution in [0.5, 0.6) is 0 Å². The molecule has 1 aromatic carbocycles. The molecular formula is C47H50N4O. The van der Waals surface area contributed by atoms with Gasteiger partial charge in [0.2, 0.25) is 0 Å². The van der Waals surface area contributed by atoms with Crippen molar-refractivity contribution < 1.29 is 5.11 Å². The largest absolute Gasteiger partial charge is 0.402 e. The lowest BCUT2D eigenvalue weighted by molar-refractivity contribution is 0.175. The molecule has 5 heteroatoms. The van der Waals surface area contributed by atoms with E-state index in [4.69, 9.17) is 10.7 Å². The Labute approximate surface area is 310 Å². The van der Waals surface area contributed by atoms with E-state index in [9.17, 15) is 10.4 Å². The van der Waals surface area contributed by atoms with E-state index < -0.39 is 6.10 Å². The predicted molar refractivity (Wildman–Crippen MR) is 217 cm³/mol. The van der Waals surface area contributed by atoms with Crippen LogP contribution >= 0.6 is 0 Å². The van der Waals surface area contributed by atoms with Crippen molar-refractivity contribution in [3.05, 3.63) is 191 Å². The lowest BCUT2D eigenvalue weighted by Gasteiger charge is -2.22. The topological polar surface area (TPSA) is 95.3 Å². The molecule has 0 spiro atoms. The van der Waals surface area contributed by atoms with E-state index in [1.807, 2.05) is 55.6 Å². The summed E-state index contributed by atoms with van der Waals surface area (Å²) in [5.74, 6) is 0.627. The molecule has 3 aliphatic rings. The molecule has 0 saturated carbocycles. The molecule has 1 aromatic heterocycles. The lowest BCUT2D eigenvalue weighted by atomic mass is 9.87. The zero-order valence-electron chi connectivity index (χ0n) is 30.4. The number of nitriles is 1. The summed E-state index contributed by atoms with van der Waals surface area (Å²) >= 11 is 0. The van der Waals surface area contributed by atoms with Crippen molar-refractivity contribution in [1.29, 1.82) is 5.26 Å². The number of allylic oxidation sites excluding steroid dienone is 18. The Bertz CT molecular complexity index is 1940. The fourth-order valence-electron chi connectivity index (χ4n) is 6.43. The number of aliphatic hydroxyl groups excluding tert-OH is 1. The van der Waals surface area contributed by atoms with Gasteiger partial charge >= 0.3 is 0 Å². The minimum absolute atomic E-state index is 0.0808. The normalized spacial score (nSPS) is 22.8. The predicted octanol–water partition coefficient (Wildman–Crippen LogP) is 10.2. The molecule has 0 bridgehead atoms. The van der Waals surface area contributed by atoms with Gasteiger partial charge in [0.25, 0.3) is 0 Å². The average molecular weight is 687 g/mol. The van der Waals surface area contributed by atoms with Gasteiger partial charge in [0.1, 0.15) is 0 Å². The van der Waals surface area contributed by atoms with Crippen LogP contribution in [-0.4, -0.2) is 28.5 Å². The van der Waals surface area contributed by atoms with Gasteiger partial charge in [0, 0.05) is 54.4 Å². The average Bonchev–Trinajstić information content (AvgIpc) is 3.19. The first-order valence-electron chi connectivity index (χ1n) is 18.3. The van der Waals surface area contributed by atoms with E-state index in [0.29, 0.717) is 42.5 Å².